The van der Waals surface area contributed by atoms with Crippen LogP contribution in [0.1, 0.15) is 15.9 Å². The van der Waals surface area contributed by atoms with Gasteiger partial charge in [0.1, 0.15) is 5.82 Å². The van der Waals surface area contributed by atoms with Crippen LogP contribution < -0.4 is 18.9 Å². The van der Waals surface area contributed by atoms with Gasteiger partial charge in [0.05, 0.1) is 19.8 Å². The Balaban J connectivity index is 1.98. The number of hydrogen-bond donors (Lipinski definition) is 0. The lowest BCUT2D eigenvalue weighted by atomic mass is 10.1. The summed E-state index contributed by atoms with van der Waals surface area (Å²) in [5.74, 6) is 0.705. The highest BCUT2D eigenvalue weighted by Crippen LogP contribution is 2.49. The molecular weight excluding hydrogens is 315 g/mol. The number of benzene rings is 2. The van der Waals surface area contributed by atoms with Gasteiger partial charge in [-0.05, 0) is 30.4 Å². The fourth-order valence-electron chi connectivity index (χ4n) is 2.45. The van der Waals surface area contributed by atoms with E-state index in [1.165, 1.54) is 44.6 Å². The number of fused-ring (bicyclic) bond motifs is 1. The van der Waals surface area contributed by atoms with Crippen LogP contribution in [0.2, 0.25) is 0 Å². The third-order valence-electron chi connectivity index (χ3n) is 3.56. The highest BCUT2D eigenvalue weighted by molar-refractivity contribution is 6.07. The number of ether oxygens (including phenoxy) is 4. The van der Waals surface area contributed by atoms with Gasteiger partial charge in [-0.1, -0.05) is 12.1 Å². The van der Waals surface area contributed by atoms with Gasteiger partial charge >= 0.3 is 0 Å². The molecule has 1 aliphatic rings. The van der Waals surface area contributed by atoms with Crippen LogP contribution in [0, 0.1) is 5.82 Å². The molecule has 1 heterocycles. The molecule has 24 heavy (non-hydrogen) atoms. The molecule has 2 aromatic rings. The maximum Gasteiger partial charge on any atom is 0.231 e. The Kier molecular flexibility index (Phi) is 4.37. The predicted octanol–water partition coefficient (Wildman–Crippen LogP) is 3.47. The minimum atomic E-state index is -0.567. The van der Waals surface area contributed by atoms with E-state index in [2.05, 4.69) is 0 Å². The summed E-state index contributed by atoms with van der Waals surface area (Å²) in [6, 6.07) is 7.48. The van der Waals surface area contributed by atoms with Crippen LogP contribution >= 0.6 is 0 Å². The maximum absolute atomic E-state index is 13.7. The van der Waals surface area contributed by atoms with Crippen LogP contribution in [-0.2, 0) is 0 Å². The maximum atomic E-state index is 13.7. The molecule has 1 aliphatic heterocycles. The van der Waals surface area contributed by atoms with E-state index < -0.39 is 11.6 Å². The van der Waals surface area contributed by atoms with Crippen molar-refractivity contribution in [3.05, 3.63) is 53.4 Å². The zero-order valence-corrected chi connectivity index (χ0v) is 13.2. The number of carbonyl (C=O) groups excluding carboxylic acids is 1. The van der Waals surface area contributed by atoms with Crippen molar-refractivity contribution in [2.45, 2.75) is 0 Å². The summed E-state index contributed by atoms with van der Waals surface area (Å²) in [7, 11) is 2.97. The zero-order chi connectivity index (χ0) is 17.1. The minimum Gasteiger partial charge on any atom is -0.492 e. The third-order valence-corrected chi connectivity index (χ3v) is 3.56. The lowest BCUT2D eigenvalue weighted by Gasteiger charge is -2.12. The van der Waals surface area contributed by atoms with Gasteiger partial charge in [-0.3, -0.25) is 4.79 Å². The van der Waals surface area contributed by atoms with Gasteiger partial charge in [-0.25, -0.2) is 4.39 Å². The summed E-state index contributed by atoms with van der Waals surface area (Å²) in [4.78, 5) is 12.2. The summed E-state index contributed by atoms with van der Waals surface area (Å²) >= 11 is 0. The molecule has 0 aliphatic carbocycles. The average Bonchev–Trinajstić information content (AvgIpc) is 3.06. The first-order valence-corrected chi connectivity index (χ1v) is 7.17. The van der Waals surface area contributed by atoms with Gasteiger partial charge in [0, 0.05) is 5.56 Å². The molecule has 0 saturated carbocycles. The van der Waals surface area contributed by atoms with E-state index in [4.69, 9.17) is 18.9 Å². The Morgan fingerprint density at radius 1 is 1.17 bits per heavy atom. The van der Waals surface area contributed by atoms with Crippen LogP contribution in [-0.4, -0.2) is 26.8 Å². The molecule has 0 saturated heterocycles. The van der Waals surface area contributed by atoms with Crippen molar-refractivity contribution >= 4 is 11.9 Å². The summed E-state index contributed by atoms with van der Waals surface area (Å²) in [6.07, 6.45) is 2.80. The number of methoxy groups -OCH3 is 2. The molecule has 0 N–H and O–H groups in total. The van der Waals surface area contributed by atoms with E-state index in [1.807, 2.05) is 0 Å². The molecule has 5 nitrogen and oxygen atoms in total. The van der Waals surface area contributed by atoms with Crippen molar-refractivity contribution < 1.29 is 28.1 Å². The zero-order valence-electron chi connectivity index (χ0n) is 13.2. The van der Waals surface area contributed by atoms with Gasteiger partial charge in [0.25, 0.3) is 0 Å². The van der Waals surface area contributed by atoms with Crippen molar-refractivity contribution in [3.63, 3.8) is 0 Å². The molecule has 124 valence electrons. The monoisotopic (exact) mass is 330 g/mol. The number of hydrogen-bond acceptors (Lipinski definition) is 5. The van der Waals surface area contributed by atoms with Crippen LogP contribution in [0.3, 0.4) is 0 Å². The van der Waals surface area contributed by atoms with E-state index in [9.17, 15) is 9.18 Å². The summed E-state index contributed by atoms with van der Waals surface area (Å²) in [5, 5.41) is 0. The minimum absolute atomic E-state index is 0.000394. The van der Waals surface area contributed by atoms with Gasteiger partial charge in [-0.15, -0.1) is 0 Å². The molecule has 3 rings (SSSR count). The number of halogens is 1. The Labute approximate surface area is 138 Å². The summed E-state index contributed by atoms with van der Waals surface area (Å²) in [6.45, 7) is 0.0795. The van der Waals surface area contributed by atoms with Gasteiger partial charge in [-0.2, -0.15) is 0 Å². The predicted molar refractivity (Wildman–Crippen MR) is 85.4 cm³/mol. The lowest BCUT2D eigenvalue weighted by Crippen LogP contribution is -1.98. The van der Waals surface area contributed by atoms with E-state index in [-0.39, 0.29) is 12.4 Å². The normalized spacial score (nSPS) is 12.5. The first-order chi connectivity index (χ1) is 11.7. The topological polar surface area (TPSA) is 54.0 Å². The van der Waals surface area contributed by atoms with E-state index >= 15 is 0 Å². The van der Waals surface area contributed by atoms with Crippen molar-refractivity contribution in [2.24, 2.45) is 0 Å². The highest BCUT2D eigenvalue weighted by Gasteiger charge is 2.25. The van der Waals surface area contributed by atoms with E-state index in [1.54, 1.807) is 12.1 Å². The molecule has 0 atom stereocenters. The Bertz CT molecular complexity index is 813. The molecule has 0 aromatic heterocycles. The number of rotatable bonds is 5. The molecule has 0 amide bonds. The van der Waals surface area contributed by atoms with Gasteiger partial charge in [0.2, 0.25) is 18.3 Å². The molecule has 6 heteroatoms. The van der Waals surface area contributed by atoms with Crippen molar-refractivity contribution in [1.29, 1.82) is 0 Å². The van der Waals surface area contributed by atoms with Crippen molar-refractivity contribution in [1.82, 2.24) is 0 Å². The molecule has 0 radical (unpaired) electrons. The Morgan fingerprint density at radius 2 is 1.92 bits per heavy atom. The van der Waals surface area contributed by atoms with Gasteiger partial charge in [0.15, 0.2) is 17.3 Å². The van der Waals surface area contributed by atoms with Crippen molar-refractivity contribution in [3.8, 4) is 23.0 Å². The van der Waals surface area contributed by atoms with Crippen LogP contribution in [0.4, 0.5) is 4.39 Å². The second-order valence-electron chi connectivity index (χ2n) is 4.94. The molecular formula is C18H15FO5. The first-order valence-electron chi connectivity index (χ1n) is 7.17. The molecule has 0 fully saturated rings. The first kappa shape index (κ1) is 15.9. The number of allylic oxidation sites excluding steroid dienone is 1. The van der Waals surface area contributed by atoms with E-state index in [0.29, 0.717) is 28.6 Å². The molecule has 0 spiro atoms. The number of ketones is 1. The molecule has 0 bridgehead atoms. The third kappa shape index (κ3) is 2.78. The van der Waals surface area contributed by atoms with Gasteiger partial charge < -0.3 is 18.9 Å². The Morgan fingerprint density at radius 3 is 2.62 bits per heavy atom. The highest BCUT2D eigenvalue weighted by atomic mass is 19.1. The Hall–Kier alpha value is -3.02. The fraction of sp³-hybridized carbons (Fsp3) is 0.167. The average molecular weight is 330 g/mol. The van der Waals surface area contributed by atoms with Crippen LogP contribution in [0.25, 0.3) is 6.08 Å². The smallest absolute Gasteiger partial charge is 0.231 e. The second-order valence-corrected chi connectivity index (χ2v) is 4.94. The van der Waals surface area contributed by atoms with Crippen LogP contribution in [0.5, 0.6) is 23.0 Å². The van der Waals surface area contributed by atoms with E-state index in [0.717, 1.165) is 0 Å². The second kappa shape index (κ2) is 6.62. The lowest BCUT2D eigenvalue weighted by molar-refractivity contribution is 0.104. The quantitative estimate of drug-likeness (QED) is 0.621. The van der Waals surface area contributed by atoms with Crippen LogP contribution in [0.15, 0.2) is 36.4 Å². The molecule has 0 unspecified atom stereocenters. The standard InChI is InChI=1S/C18H15FO5/c1-21-16-11(9-15-17(18(16)22-2)24-10-23-15)7-8-14(20)12-5-3-4-6-13(12)19/h3-9H,10H2,1-2H3. The van der Waals surface area contributed by atoms with Crippen molar-refractivity contribution in [2.75, 3.05) is 21.0 Å². The fourth-order valence-corrected chi connectivity index (χ4v) is 2.45. The summed E-state index contributed by atoms with van der Waals surface area (Å²) in [5.41, 5.74) is 0.559. The summed E-state index contributed by atoms with van der Waals surface area (Å²) < 4.78 is 35.1. The SMILES string of the molecule is COc1c(C=CC(=O)c2ccccc2F)cc2c(c1OC)OCO2. The molecule has 2 aromatic carbocycles. The largest absolute Gasteiger partial charge is 0.492 e. The number of carbonyl (C=O) groups is 1.